The van der Waals surface area contributed by atoms with Crippen molar-refractivity contribution >= 4 is 27.8 Å². The van der Waals surface area contributed by atoms with Gasteiger partial charge < -0.3 is 14.8 Å². The second kappa shape index (κ2) is 7.12. The Morgan fingerprint density at radius 2 is 1.93 bits per heavy atom. The summed E-state index contributed by atoms with van der Waals surface area (Å²) in [6, 6.07) is 7.61. The van der Waals surface area contributed by atoms with Gasteiger partial charge in [0.05, 0.1) is 5.41 Å². The minimum absolute atomic E-state index is 0.00268. The van der Waals surface area contributed by atoms with Crippen LogP contribution in [0, 0.1) is 17.3 Å². The first kappa shape index (κ1) is 18.8. The lowest BCUT2D eigenvalue weighted by atomic mass is 9.47. The normalized spacial score (nSPS) is 33.6. The van der Waals surface area contributed by atoms with Crippen LogP contribution in [0.25, 0.3) is 0 Å². The van der Waals surface area contributed by atoms with E-state index >= 15 is 0 Å². The number of amides is 1. The molecule has 2 atom stereocenters. The Morgan fingerprint density at radius 1 is 1.19 bits per heavy atom. The molecule has 0 aromatic heterocycles. The van der Waals surface area contributed by atoms with E-state index in [1.165, 1.54) is 6.42 Å². The van der Waals surface area contributed by atoms with Crippen LogP contribution in [-0.4, -0.2) is 30.6 Å². The van der Waals surface area contributed by atoms with Gasteiger partial charge in [0, 0.05) is 16.9 Å². The van der Waals surface area contributed by atoms with Crippen molar-refractivity contribution in [2.45, 2.75) is 51.0 Å². The summed E-state index contributed by atoms with van der Waals surface area (Å²) in [6.07, 6.45) is 5.71. The van der Waals surface area contributed by atoms with Crippen molar-refractivity contribution in [2.75, 3.05) is 13.2 Å². The minimum atomic E-state index is -0.428. The van der Waals surface area contributed by atoms with Gasteiger partial charge in [-0.25, -0.2) is 0 Å². The first-order valence-electron chi connectivity index (χ1n) is 9.73. The maximum atomic E-state index is 13.0. The topological polar surface area (TPSA) is 64.6 Å². The number of carbonyl (C=O) groups excluding carboxylic acids is 2. The lowest BCUT2D eigenvalue weighted by molar-refractivity contribution is -0.176. The number of ether oxygens (including phenoxy) is 2. The molecule has 0 aliphatic heterocycles. The Balaban J connectivity index is 1.36. The Bertz CT molecular complexity index is 735. The summed E-state index contributed by atoms with van der Waals surface area (Å²) >= 11 is 3.41. The van der Waals surface area contributed by atoms with E-state index in [-0.39, 0.29) is 24.0 Å². The summed E-state index contributed by atoms with van der Waals surface area (Å²) in [6.45, 7) is 2.15. The average molecular weight is 436 g/mol. The van der Waals surface area contributed by atoms with Crippen LogP contribution in [0.5, 0.6) is 5.75 Å². The number of carbonyl (C=O) groups is 2. The van der Waals surface area contributed by atoms with Crippen molar-refractivity contribution in [2.24, 2.45) is 17.3 Å². The van der Waals surface area contributed by atoms with Crippen LogP contribution in [0.4, 0.5) is 0 Å². The fraction of sp³-hybridized carbons (Fsp3) is 0.619. The second-order valence-electron chi connectivity index (χ2n) is 8.64. The Hall–Kier alpha value is -1.56. The number of hydrogen-bond acceptors (Lipinski definition) is 4. The van der Waals surface area contributed by atoms with E-state index in [2.05, 4.69) is 21.2 Å². The van der Waals surface area contributed by atoms with Gasteiger partial charge in [0.2, 0.25) is 5.91 Å². The molecule has 4 bridgehead atoms. The first-order valence-corrected chi connectivity index (χ1v) is 10.5. The number of benzene rings is 1. The minimum Gasteiger partial charge on any atom is -0.490 e. The smallest absolute Gasteiger partial charge is 0.312 e. The molecule has 1 amide bonds. The van der Waals surface area contributed by atoms with Crippen molar-refractivity contribution in [1.82, 2.24) is 5.32 Å². The molecule has 27 heavy (non-hydrogen) atoms. The van der Waals surface area contributed by atoms with Crippen LogP contribution >= 0.6 is 15.9 Å². The number of halogens is 1. The zero-order chi connectivity index (χ0) is 19.1. The van der Waals surface area contributed by atoms with Crippen molar-refractivity contribution in [3.05, 3.63) is 28.7 Å². The SMILES string of the molecule is CC(=O)NC12CC3CC(C1)CC(C(=O)OCCOc1cccc(Br)c1)(C3)C2. The number of rotatable bonds is 6. The van der Waals surface area contributed by atoms with Crippen LogP contribution in [0.15, 0.2) is 28.7 Å². The third kappa shape index (κ3) is 3.86. The number of hydrogen-bond donors (Lipinski definition) is 1. The predicted octanol–water partition coefficient (Wildman–Crippen LogP) is 3.85. The Morgan fingerprint density at radius 3 is 2.59 bits per heavy atom. The second-order valence-corrected chi connectivity index (χ2v) is 9.56. The molecule has 1 N–H and O–H groups in total. The summed E-state index contributed by atoms with van der Waals surface area (Å²) < 4.78 is 12.3. The molecule has 5 nitrogen and oxygen atoms in total. The highest BCUT2D eigenvalue weighted by atomic mass is 79.9. The molecule has 0 saturated heterocycles. The zero-order valence-electron chi connectivity index (χ0n) is 15.6. The van der Waals surface area contributed by atoms with Gasteiger partial charge in [0.25, 0.3) is 0 Å². The van der Waals surface area contributed by atoms with E-state index in [1.54, 1.807) is 6.92 Å². The molecule has 4 aliphatic carbocycles. The van der Waals surface area contributed by atoms with E-state index in [1.807, 2.05) is 24.3 Å². The van der Waals surface area contributed by atoms with Crippen LogP contribution < -0.4 is 10.1 Å². The van der Waals surface area contributed by atoms with Gasteiger partial charge in [-0.1, -0.05) is 22.0 Å². The van der Waals surface area contributed by atoms with Gasteiger partial charge in [0.1, 0.15) is 19.0 Å². The highest BCUT2D eigenvalue weighted by molar-refractivity contribution is 9.10. The molecule has 5 rings (SSSR count). The molecular formula is C21H26BrNO4. The summed E-state index contributed by atoms with van der Waals surface area (Å²) in [5.74, 6) is 1.68. The molecule has 146 valence electrons. The molecule has 0 radical (unpaired) electrons. The standard InChI is InChI=1S/C21H26BrNO4/c1-14(24)23-21-11-15-7-16(12-21)10-20(9-15,13-21)19(25)27-6-5-26-18-4-2-3-17(22)8-18/h2-4,8,15-16H,5-7,9-13H2,1H3,(H,23,24). The summed E-state index contributed by atoms with van der Waals surface area (Å²) in [5.41, 5.74) is -0.635. The van der Waals surface area contributed by atoms with Crippen LogP contribution in [-0.2, 0) is 14.3 Å². The van der Waals surface area contributed by atoms with Crippen LogP contribution in [0.1, 0.15) is 45.4 Å². The van der Waals surface area contributed by atoms with Gasteiger partial charge in [-0.3, -0.25) is 9.59 Å². The lowest BCUT2D eigenvalue weighted by Gasteiger charge is -2.60. The van der Waals surface area contributed by atoms with E-state index in [0.29, 0.717) is 18.4 Å². The number of nitrogens with one attached hydrogen (secondary N) is 1. The van der Waals surface area contributed by atoms with Crippen LogP contribution in [0.2, 0.25) is 0 Å². The predicted molar refractivity (Wildman–Crippen MR) is 104 cm³/mol. The largest absolute Gasteiger partial charge is 0.490 e. The van der Waals surface area contributed by atoms with Gasteiger partial charge in [-0.15, -0.1) is 0 Å². The average Bonchev–Trinajstić information content (AvgIpc) is 2.56. The highest BCUT2D eigenvalue weighted by Crippen LogP contribution is 2.62. The van der Waals surface area contributed by atoms with Gasteiger partial charge in [0.15, 0.2) is 0 Å². The third-order valence-electron chi connectivity index (χ3n) is 6.32. The van der Waals surface area contributed by atoms with Crippen molar-refractivity contribution in [1.29, 1.82) is 0 Å². The third-order valence-corrected chi connectivity index (χ3v) is 6.81. The summed E-state index contributed by atoms with van der Waals surface area (Å²) in [5, 5.41) is 3.19. The molecule has 4 aliphatic rings. The molecule has 0 spiro atoms. The summed E-state index contributed by atoms with van der Waals surface area (Å²) in [4.78, 5) is 24.7. The molecule has 4 fully saturated rings. The van der Waals surface area contributed by atoms with Gasteiger partial charge >= 0.3 is 5.97 Å². The van der Waals surface area contributed by atoms with Crippen LogP contribution in [0.3, 0.4) is 0 Å². The van der Waals surface area contributed by atoms with Crippen molar-refractivity contribution in [3.8, 4) is 5.75 Å². The fourth-order valence-electron chi connectivity index (χ4n) is 6.02. The molecule has 1 aromatic carbocycles. The fourth-order valence-corrected chi connectivity index (χ4v) is 6.40. The van der Waals surface area contributed by atoms with Crippen molar-refractivity contribution in [3.63, 3.8) is 0 Å². The molecule has 2 unspecified atom stereocenters. The molecule has 0 heterocycles. The Labute approximate surface area is 168 Å². The monoisotopic (exact) mass is 435 g/mol. The van der Waals surface area contributed by atoms with Crippen molar-refractivity contribution < 1.29 is 19.1 Å². The molecular weight excluding hydrogens is 410 g/mol. The van der Waals surface area contributed by atoms with E-state index in [9.17, 15) is 9.59 Å². The number of esters is 1. The molecule has 4 saturated carbocycles. The van der Waals surface area contributed by atoms with Gasteiger partial charge in [-0.05, 0) is 68.6 Å². The lowest BCUT2D eigenvalue weighted by Crippen LogP contribution is -2.64. The van der Waals surface area contributed by atoms with E-state index in [4.69, 9.17) is 9.47 Å². The van der Waals surface area contributed by atoms with Gasteiger partial charge in [-0.2, -0.15) is 0 Å². The highest BCUT2D eigenvalue weighted by Gasteiger charge is 2.61. The van der Waals surface area contributed by atoms with E-state index in [0.717, 1.165) is 42.3 Å². The first-order chi connectivity index (χ1) is 12.9. The zero-order valence-corrected chi connectivity index (χ0v) is 17.2. The molecule has 6 heteroatoms. The maximum absolute atomic E-state index is 13.0. The van der Waals surface area contributed by atoms with E-state index < -0.39 is 5.41 Å². The maximum Gasteiger partial charge on any atom is 0.312 e. The molecule has 1 aromatic rings. The Kier molecular flexibility index (Phi) is 4.95. The quantitative estimate of drug-likeness (QED) is 0.544. The summed E-state index contributed by atoms with van der Waals surface area (Å²) in [7, 11) is 0.